The number of H-pyrrole nitrogens is 1. The number of aromatic amines is 1. The van der Waals surface area contributed by atoms with Crippen molar-refractivity contribution in [2.24, 2.45) is 0 Å². The molecule has 0 aliphatic carbocycles. The van der Waals surface area contributed by atoms with Crippen molar-refractivity contribution in [3.8, 4) is 28.4 Å². The zero-order valence-corrected chi connectivity index (χ0v) is 13.6. The van der Waals surface area contributed by atoms with Gasteiger partial charge >= 0.3 is 0 Å². The van der Waals surface area contributed by atoms with Gasteiger partial charge in [0, 0.05) is 22.9 Å². The molecule has 0 saturated carbocycles. The van der Waals surface area contributed by atoms with Crippen molar-refractivity contribution in [3.63, 3.8) is 0 Å². The van der Waals surface area contributed by atoms with E-state index in [1.165, 1.54) is 4.90 Å². The lowest BCUT2D eigenvalue weighted by Gasteiger charge is -2.07. The number of ether oxygens (including phenoxy) is 1. The molecule has 1 aromatic carbocycles. The summed E-state index contributed by atoms with van der Waals surface area (Å²) in [6.45, 7) is 2.00. The Bertz CT molecular complexity index is 784. The molecule has 4 nitrogen and oxygen atoms in total. The number of hydrogen-bond donors (Lipinski definition) is 1. The Morgan fingerprint density at radius 2 is 1.91 bits per heavy atom. The molecule has 0 aliphatic heterocycles. The largest absolute Gasteiger partial charge is 0.496 e. The average molecular weight is 311 g/mol. The fraction of sp³-hybridized carbons (Fsp3) is 0.176. The maximum atomic E-state index is 5.51. The van der Waals surface area contributed by atoms with Crippen LogP contribution in [0.1, 0.15) is 5.69 Å². The van der Waals surface area contributed by atoms with Gasteiger partial charge in [0.15, 0.2) is 0 Å². The molecule has 1 N–H and O–H groups in total. The van der Waals surface area contributed by atoms with Crippen molar-refractivity contribution in [2.75, 3.05) is 13.4 Å². The summed E-state index contributed by atoms with van der Waals surface area (Å²) in [5.74, 6) is 1.63. The van der Waals surface area contributed by atoms with E-state index in [4.69, 9.17) is 4.74 Å². The highest BCUT2D eigenvalue weighted by atomic mass is 32.2. The van der Waals surface area contributed by atoms with Gasteiger partial charge in [-0.15, -0.1) is 11.8 Å². The molecule has 22 heavy (non-hydrogen) atoms. The Kier molecular flexibility index (Phi) is 4.15. The van der Waals surface area contributed by atoms with E-state index in [9.17, 15) is 0 Å². The van der Waals surface area contributed by atoms with E-state index in [2.05, 4.69) is 21.0 Å². The minimum Gasteiger partial charge on any atom is -0.496 e. The van der Waals surface area contributed by atoms with Gasteiger partial charge in [-0.05, 0) is 43.5 Å². The zero-order chi connectivity index (χ0) is 15.5. The molecule has 0 bridgehead atoms. The predicted molar refractivity (Wildman–Crippen MR) is 90.3 cm³/mol. The second-order valence-corrected chi connectivity index (χ2v) is 5.73. The number of benzene rings is 1. The molecule has 0 aliphatic rings. The Hall–Kier alpha value is -2.27. The van der Waals surface area contributed by atoms with Gasteiger partial charge in [-0.2, -0.15) is 0 Å². The zero-order valence-electron chi connectivity index (χ0n) is 12.8. The molecule has 0 atom stereocenters. The van der Waals surface area contributed by atoms with Gasteiger partial charge in [-0.25, -0.2) is 4.98 Å². The highest BCUT2D eigenvalue weighted by molar-refractivity contribution is 7.98. The lowest BCUT2D eigenvalue weighted by molar-refractivity contribution is 0.415. The molecule has 0 fully saturated rings. The number of nitrogens with one attached hydrogen (secondary N) is 1. The summed E-state index contributed by atoms with van der Waals surface area (Å²) < 4.78 is 5.51. The van der Waals surface area contributed by atoms with Crippen LogP contribution in [0.2, 0.25) is 0 Å². The van der Waals surface area contributed by atoms with Gasteiger partial charge in [-0.3, -0.25) is 4.98 Å². The van der Waals surface area contributed by atoms with Crippen LogP contribution in [-0.4, -0.2) is 28.3 Å². The summed E-state index contributed by atoms with van der Waals surface area (Å²) in [6.07, 6.45) is 5.61. The third-order valence-electron chi connectivity index (χ3n) is 3.52. The van der Waals surface area contributed by atoms with Gasteiger partial charge in [0.1, 0.15) is 11.6 Å². The summed E-state index contributed by atoms with van der Waals surface area (Å²) in [7, 11) is 1.68. The number of hydrogen-bond acceptors (Lipinski definition) is 4. The average Bonchev–Trinajstić information content (AvgIpc) is 2.96. The van der Waals surface area contributed by atoms with Crippen LogP contribution >= 0.6 is 11.8 Å². The number of nitrogens with zero attached hydrogens (tertiary/aromatic N) is 2. The van der Waals surface area contributed by atoms with E-state index >= 15 is 0 Å². The second kappa shape index (κ2) is 6.23. The molecule has 0 unspecified atom stereocenters. The lowest BCUT2D eigenvalue weighted by Crippen LogP contribution is -1.90. The first kappa shape index (κ1) is 14.7. The predicted octanol–water partition coefficient (Wildman–Crippen LogP) is 4.18. The first-order valence-electron chi connectivity index (χ1n) is 6.92. The third-order valence-corrected chi connectivity index (χ3v) is 4.24. The van der Waals surface area contributed by atoms with Crippen LogP contribution in [0, 0.1) is 6.92 Å². The molecule has 0 radical (unpaired) electrons. The van der Waals surface area contributed by atoms with E-state index in [0.29, 0.717) is 0 Å². The minimum atomic E-state index is 0.814. The summed E-state index contributed by atoms with van der Waals surface area (Å²) >= 11 is 1.69. The van der Waals surface area contributed by atoms with Crippen LogP contribution in [0.15, 0.2) is 47.6 Å². The normalized spacial score (nSPS) is 10.7. The van der Waals surface area contributed by atoms with Gasteiger partial charge in [0.2, 0.25) is 0 Å². The van der Waals surface area contributed by atoms with E-state index in [1.54, 1.807) is 31.3 Å². The van der Waals surface area contributed by atoms with Crippen LogP contribution < -0.4 is 4.74 Å². The third kappa shape index (κ3) is 2.72. The molecule has 3 rings (SSSR count). The minimum absolute atomic E-state index is 0.814. The van der Waals surface area contributed by atoms with Crippen molar-refractivity contribution >= 4 is 11.8 Å². The molecule has 5 heteroatoms. The highest BCUT2D eigenvalue weighted by Gasteiger charge is 2.14. The highest BCUT2D eigenvalue weighted by Crippen LogP contribution is 2.33. The summed E-state index contributed by atoms with van der Waals surface area (Å²) in [4.78, 5) is 13.3. The van der Waals surface area contributed by atoms with Crippen LogP contribution in [0.25, 0.3) is 22.6 Å². The molecule has 3 aromatic rings. The maximum Gasteiger partial charge on any atom is 0.141 e. The summed E-state index contributed by atoms with van der Waals surface area (Å²) in [5.41, 5.74) is 4.00. The molecule has 2 heterocycles. The van der Waals surface area contributed by atoms with Crippen LogP contribution in [-0.2, 0) is 0 Å². The second-order valence-electron chi connectivity index (χ2n) is 4.85. The lowest BCUT2D eigenvalue weighted by atomic mass is 10.2. The standard InChI is InChI=1S/C17H17N3OS/c1-11-16(12-6-8-18-9-7-12)20-17(19-11)14-5-4-13(22-3)10-15(14)21-2/h4-10H,1-3H3,(H,19,20). The molecule has 0 spiro atoms. The Morgan fingerprint density at radius 3 is 2.59 bits per heavy atom. The van der Waals surface area contributed by atoms with Crippen molar-refractivity contribution in [1.82, 2.24) is 15.0 Å². The number of rotatable bonds is 4. The maximum absolute atomic E-state index is 5.51. The number of thioether (sulfide) groups is 1. The van der Waals surface area contributed by atoms with Crippen LogP contribution in [0.5, 0.6) is 5.75 Å². The van der Waals surface area contributed by atoms with Crippen LogP contribution in [0.3, 0.4) is 0 Å². The van der Waals surface area contributed by atoms with Gasteiger partial charge in [-0.1, -0.05) is 0 Å². The van der Waals surface area contributed by atoms with Gasteiger partial charge in [0.05, 0.1) is 24.1 Å². The topological polar surface area (TPSA) is 50.8 Å². The number of pyridine rings is 1. The van der Waals surface area contributed by atoms with Crippen LogP contribution in [0.4, 0.5) is 0 Å². The molecular weight excluding hydrogens is 294 g/mol. The number of aromatic nitrogens is 3. The molecule has 0 saturated heterocycles. The number of methoxy groups -OCH3 is 1. The van der Waals surface area contributed by atoms with E-state index in [1.807, 2.05) is 37.4 Å². The molecule has 2 aromatic heterocycles. The summed E-state index contributed by atoms with van der Waals surface area (Å²) in [5, 5.41) is 0. The number of imidazole rings is 1. The Labute approximate surface area is 134 Å². The first-order valence-corrected chi connectivity index (χ1v) is 8.15. The van der Waals surface area contributed by atoms with Gasteiger partial charge < -0.3 is 9.72 Å². The van der Waals surface area contributed by atoms with Crippen molar-refractivity contribution in [3.05, 3.63) is 48.4 Å². The van der Waals surface area contributed by atoms with Crippen molar-refractivity contribution in [2.45, 2.75) is 11.8 Å². The van der Waals surface area contributed by atoms with Crippen molar-refractivity contribution < 1.29 is 4.74 Å². The Balaban J connectivity index is 2.07. The van der Waals surface area contributed by atoms with Gasteiger partial charge in [0.25, 0.3) is 0 Å². The quantitative estimate of drug-likeness (QED) is 0.734. The number of aryl methyl sites for hydroxylation is 1. The van der Waals surface area contributed by atoms with E-state index in [-0.39, 0.29) is 0 Å². The van der Waals surface area contributed by atoms with Crippen molar-refractivity contribution in [1.29, 1.82) is 0 Å². The SMILES string of the molecule is COc1cc(SC)ccc1-c1nc(C)c(-c2ccncc2)[nH]1. The molecule has 0 amide bonds. The van der Waals surface area contributed by atoms with E-state index in [0.717, 1.165) is 34.1 Å². The Morgan fingerprint density at radius 1 is 1.14 bits per heavy atom. The fourth-order valence-electron chi connectivity index (χ4n) is 2.38. The smallest absolute Gasteiger partial charge is 0.141 e. The summed E-state index contributed by atoms with van der Waals surface area (Å²) in [6, 6.07) is 10.1. The monoisotopic (exact) mass is 311 g/mol. The fourth-order valence-corrected chi connectivity index (χ4v) is 2.81. The molecule has 112 valence electrons. The molecular formula is C17H17N3OS. The van der Waals surface area contributed by atoms with E-state index < -0.39 is 0 Å². The first-order chi connectivity index (χ1) is 10.7.